The van der Waals surface area contributed by atoms with Gasteiger partial charge in [-0.15, -0.1) is 0 Å². The number of benzene rings is 1. The number of carbonyl (C=O) groups excluding carboxylic acids is 1. The van der Waals surface area contributed by atoms with E-state index in [4.69, 9.17) is 13.9 Å². The van der Waals surface area contributed by atoms with Crippen LogP contribution in [0.15, 0.2) is 59.0 Å². The number of pyridine rings is 1. The molecule has 6 nitrogen and oxygen atoms in total. The molecule has 140 valence electrons. The van der Waals surface area contributed by atoms with Gasteiger partial charge in [-0.05, 0) is 48.9 Å². The Morgan fingerprint density at radius 2 is 2.00 bits per heavy atom. The van der Waals surface area contributed by atoms with Crippen LogP contribution in [0.2, 0.25) is 0 Å². The van der Waals surface area contributed by atoms with Crippen LogP contribution in [0.3, 0.4) is 0 Å². The van der Waals surface area contributed by atoms with Crippen molar-refractivity contribution in [2.24, 2.45) is 0 Å². The normalized spacial score (nSPS) is 17.2. The fourth-order valence-electron chi connectivity index (χ4n) is 3.51. The molecule has 2 aliphatic heterocycles. The summed E-state index contributed by atoms with van der Waals surface area (Å²) in [6, 6.07) is 11.2. The van der Waals surface area contributed by atoms with Crippen molar-refractivity contribution < 1.29 is 18.7 Å². The number of ether oxygens (including phenoxy) is 2. The van der Waals surface area contributed by atoms with E-state index < -0.39 is 0 Å². The average Bonchev–Trinajstić information content (AvgIpc) is 3.26. The SMILES string of the molecule is Cc1ccc(/C=C2\Oc3c(ccc4c3CN(Cc3ccncc3)CO4)C2=O)o1. The first-order valence-electron chi connectivity index (χ1n) is 9.08. The van der Waals surface area contributed by atoms with Gasteiger partial charge < -0.3 is 13.9 Å². The van der Waals surface area contributed by atoms with Gasteiger partial charge in [-0.25, -0.2) is 0 Å². The molecule has 0 fully saturated rings. The van der Waals surface area contributed by atoms with E-state index in [1.165, 1.54) is 0 Å². The summed E-state index contributed by atoms with van der Waals surface area (Å²) in [5.74, 6) is 2.84. The van der Waals surface area contributed by atoms with Gasteiger partial charge in [-0.3, -0.25) is 14.7 Å². The summed E-state index contributed by atoms with van der Waals surface area (Å²) in [4.78, 5) is 19.0. The van der Waals surface area contributed by atoms with E-state index in [0.717, 1.165) is 29.2 Å². The lowest BCUT2D eigenvalue weighted by Gasteiger charge is -2.29. The largest absolute Gasteiger partial charge is 0.478 e. The van der Waals surface area contributed by atoms with E-state index in [2.05, 4.69) is 9.88 Å². The summed E-state index contributed by atoms with van der Waals surface area (Å²) in [6.07, 6.45) is 5.20. The van der Waals surface area contributed by atoms with Gasteiger partial charge in [0.05, 0.1) is 11.1 Å². The molecule has 2 aliphatic rings. The van der Waals surface area contributed by atoms with E-state index in [0.29, 0.717) is 30.3 Å². The molecule has 0 saturated carbocycles. The monoisotopic (exact) mass is 374 g/mol. The third kappa shape index (κ3) is 2.97. The lowest BCUT2D eigenvalue weighted by Crippen LogP contribution is -2.31. The molecule has 0 N–H and O–H groups in total. The van der Waals surface area contributed by atoms with Crippen LogP contribution in [0.5, 0.6) is 11.5 Å². The molecule has 0 aliphatic carbocycles. The highest BCUT2D eigenvalue weighted by atomic mass is 16.5. The lowest BCUT2D eigenvalue weighted by molar-refractivity contribution is 0.0872. The quantitative estimate of drug-likeness (QED) is 0.647. The van der Waals surface area contributed by atoms with Crippen molar-refractivity contribution >= 4 is 11.9 Å². The number of carbonyl (C=O) groups is 1. The van der Waals surface area contributed by atoms with Gasteiger partial charge in [-0.1, -0.05) is 0 Å². The zero-order valence-corrected chi connectivity index (χ0v) is 15.3. The molecule has 0 bridgehead atoms. The maximum Gasteiger partial charge on any atom is 0.232 e. The summed E-state index contributed by atoms with van der Waals surface area (Å²) < 4.78 is 17.4. The molecule has 0 radical (unpaired) electrons. The van der Waals surface area contributed by atoms with Gasteiger partial charge >= 0.3 is 0 Å². The predicted molar refractivity (Wildman–Crippen MR) is 102 cm³/mol. The molecule has 0 saturated heterocycles. The predicted octanol–water partition coefficient (Wildman–Crippen LogP) is 3.95. The minimum absolute atomic E-state index is 0.141. The van der Waals surface area contributed by atoms with Crippen LogP contribution in [-0.4, -0.2) is 22.4 Å². The van der Waals surface area contributed by atoms with Crippen molar-refractivity contribution in [1.82, 2.24) is 9.88 Å². The van der Waals surface area contributed by atoms with Crippen molar-refractivity contribution in [2.45, 2.75) is 20.0 Å². The Kier molecular flexibility index (Phi) is 3.98. The van der Waals surface area contributed by atoms with Crippen LogP contribution in [0.25, 0.3) is 6.08 Å². The topological polar surface area (TPSA) is 64.8 Å². The number of allylic oxidation sites excluding steroid dienone is 1. The summed E-state index contributed by atoms with van der Waals surface area (Å²) in [5, 5.41) is 0. The molecule has 5 rings (SSSR count). The molecule has 3 aromatic rings. The van der Waals surface area contributed by atoms with Crippen LogP contribution in [0.4, 0.5) is 0 Å². The Hall–Kier alpha value is -3.38. The molecule has 0 unspecified atom stereocenters. The molecule has 0 amide bonds. The first kappa shape index (κ1) is 16.8. The van der Waals surface area contributed by atoms with Crippen LogP contribution in [0, 0.1) is 6.92 Å². The van der Waals surface area contributed by atoms with Crippen LogP contribution in [0.1, 0.15) is 33.0 Å². The zero-order valence-electron chi connectivity index (χ0n) is 15.3. The third-order valence-corrected chi connectivity index (χ3v) is 4.87. The Balaban J connectivity index is 1.43. The number of nitrogens with zero attached hydrogens (tertiary/aromatic N) is 2. The highest BCUT2D eigenvalue weighted by Gasteiger charge is 2.33. The molecule has 2 aromatic heterocycles. The van der Waals surface area contributed by atoms with Gasteiger partial charge in [-0.2, -0.15) is 0 Å². The van der Waals surface area contributed by atoms with Crippen LogP contribution in [-0.2, 0) is 13.1 Å². The highest BCUT2D eigenvalue weighted by molar-refractivity contribution is 6.14. The van der Waals surface area contributed by atoms with Gasteiger partial charge in [0, 0.05) is 31.6 Å². The Bertz CT molecular complexity index is 1090. The Morgan fingerprint density at radius 1 is 1.14 bits per heavy atom. The van der Waals surface area contributed by atoms with E-state index in [1.54, 1.807) is 24.5 Å². The van der Waals surface area contributed by atoms with Crippen molar-refractivity contribution in [3.05, 3.63) is 82.8 Å². The minimum Gasteiger partial charge on any atom is -0.478 e. The van der Waals surface area contributed by atoms with Crippen LogP contribution < -0.4 is 9.47 Å². The van der Waals surface area contributed by atoms with Gasteiger partial charge in [0.2, 0.25) is 5.78 Å². The summed E-state index contributed by atoms with van der Waals surface area (Å²) >= 11 is 0. The number of rotatable bonds is 3. The van der Waals surface area contributed by atoms with Crippen molar-refractivity contribution in [2.75, 3.05) is 6.73 Å². The maximum atomic E-state index is 12.8. The number of ketones is 1. The maximum absolute atomic E-state index is 12.8. The number of aryl methyl sites for hydroxylation is 1. The third-order valence-electron chi connectivity index (χ3n) is 4.87. The number of hydrogen-bond acceptors (Lipinski definition) is 6. The summed E-state index contributed by atoms with van der Waals surface area (Å²) in [6.45, 7) is 3.71. The molecule has 4 heterocycles. The zero-order chi connectivity index (χ0) is 19.1. The molecule has 0 spiro atoms. The smallest absolute Gasteiger partial charge is 0.232 e. The van der Waals surface area contributed by atoms with Gasteiger partial charge in [0.15, 0.2) is 5.76 Å². The van der Waals surface area contributed by atoms with Gasteiger partial charge in [0.1, 0.15) is 29.8 Å². The summed E-state index contributed by atoms with van der Waals surface area (Å²) in [7, 11) is 0. The molecule has 0 atom stereocenters. The van der Waals surface area contributed by atoms with E-state index in [-0.39, 0.29) is 11.5 Å². The van der Waals surface area contributed by atoms with Crippen molar-refractivity contribution in [1.29, 1.82) is 0 Å². The Labute approximate surface area is 162 Å². The van der Waals surface area contributed by atoms with E-state index in [9.17, 15) is 4.79 Å². The van der Waals surface area contributed by atoms with E-state index >= 15 is 0 Å². The van der Waals surface area contributed by atoms with Crippen molar-refractivity contribution in [3.63, 3.8) is 0 Å². The second-order valence-corrected chi connectivity index (χ2v) is 6.92. The standard InChI is InChI=1S/C22H18N2O4/c1-14-2-3-16(27-14)10-20-21(25)17-4-5-19-18(22(17)28-20)12-24(13-26-19)11-15-6-8-23-9-7-15/h2-10H,11-13H2,1H3/b20-10-. The fourth-order valence-corrected chi connectivity index (χ4v) is 3.51. The highest BCUT2D eigenvalue weighted by Crippen LogP contribution is 2.42. The second kappa shape index (κ2) is 6.65. The minimum atomic E-state index is -0.141. The first-order chi connectivity index (χ1) is 13.7. The molecule has 28 heavy (non-hydrogen) atoms. The number of fused-ring (bicyclic) bond motifs is 3. The number of aromatic nitrogens is 1. The van der Waals surface area contributed by atoms with Gasteiger partial charge in [0.25, 0.3) is 0 Å². The number of hydrogen-bond donors (Lipinski definition) is 0. The Morgan fingerprint density at radius 3 is 2.79 bits per heavy atom. The molecular weight excluding hydrogens is 356 g/mol. The second-order valence-electron chi connectivity index (χ2n) is 6.92. The van der Waals surface area contributed by atoms with Crippen LogP contribution >= 0.6 is 0 Å². The molecule has 6 heteroatoms. The average molecular weight is 374 g/mol. The fraction of sp³-hybridized carbons (Fsp3) is 0.182. The first-order valence-corrected chi connectivity index (χ1v) is 9.08. The van der Waals surface area contributed by atoms with E-state index in [1.807, 2.05) is 37.3 Å². The lowest BCUT2D eigenvalue weighted by atomic mass is 10.0. The summed E-state index contributed by atoms with van der Waals surface area (Å²) in [5.41, 5.74) is 2.60. The van der Waals surface area contributed by atoms with Crippen molar-refractivity contribution in [3.8, 4) is 11.5 Å². The number of Topliss-reactive ketones (excluding diaryl/α,β-unsaturated/α-hetero) is 1. The molecule has 1 aromatic carbocycles. The number of furan rings is 1. The molecular formula is C22H18N2O4.